The number of fused-ring (bicyclic) bond motifs is 2. The van der Waals surface area contributed by atoms with Gasteiger partial charge in [-0.1, -0.05) is 6.07 Å². The highest BCUT2D eigenvalue weighted by atomic mass is 32.1. The number of rotatable bonds is 8. The molecule has 8 heteroatoms. The quantitative estimate of drug-likeness (QED) is 0.474. The Morgan fingerprint density at radius 3 is 2.91 bits per heavy atom. The summed E-state index contributed by atoms with van der Waals surface area (Å²) in [5.74, 6) is 1.48. The van der Waals surface area contributed by atoms with E-state index in [2.05, 4.69) is 12.1 Å². The number of carbonyl (C=O) groups excluding carboxylic acids is 1. The van der Waals surface area contributed by atoms with E-state index in [-0.39, 0.29) is 18.8 Å². The molecule has 4 heterocycles. The first kappa shape index (κ1) is 21.2. The van der Waals surface area contributed by atoms with Crippen LogP contribution < -0.4 is 9.47 Å². The maximum Gasteiger partial charge on any atom is 0.252 e. The van der Waals surface area contributed by atoms with E-state index in [0.717, 1.165) is 52.0 Å². The van der Waals surface area contributed by atoms with Crippen LogP contribution in [0.25, 0.3) is 21.5 Å². The van der Waals surface area contributed by atoms with Gasteiger partial charge in [0.15, 0.2) is 11.5 Å². The number of nitrogens with zero attached hydrogens (tertiary/aromatic N) is 2. The van der Waals surface area contributed by atoms with E-state index < -0.39 is 0 Å². The zero-order valence-electron chi connectivity index (χ0n) is 18.0. The van der Waals surface area contributed by atoms with Crippen molar-refractivity contribution in [3.05, 3.63) is 41.3 Å². The molecule has 5 rings (SSSR count). The van der Waals surface area contributed by atoms with Crippen molar-refractivity contribution in [2.24, 2.45) is 0 Å². The van der Waals surface area contributed by atoms with Gasteiger partial charge in [-0.3, -0.25) is 4.79 Å². The standard InChI is InChI=1S/C24H26N2O5S/c1-28-8-4-7-26(24(27)19-5-2-9-29-19)14-17-11-16-12-20-21(31-15-30-20)13-18(16)25-23(17)22-6-3-10-32-22/h3,6,10-13,19H,2,4-5,7-9,14-15H2,1H3. The number of methoxy groups -OCH3 is 1. The van der Waals surface area contributed by atoms with Gasteiger partial charge in [-0.15, -0.1) is 11.3 Å². The summed E-state index contributed by atoms with van der Waals surface area (Å²) in [7, 11) is 1.68. The SMILES string of the molecule is COCCCN(Cc1cc2cc3c(cc2nc1-c1cccs1)OCO3)C(=O)C1CCCO1. The van der Waals surface area contributed by atoms with Crippen molar-refractivity contribution in [2.75, 3.05) is 33.7 Å². The summed E-state index contributed by atoms with van der Waals surface area (Å²) < 4.78 is 22.0. The molecule has 7 nitrogen and oxygen atoms in total. The minimum absolute atomic E-state index is 0.0431. The van der Waals surface area contributed by atoms with Crippen molar-refractivity contribution >= 4 is 28.1 Å². The average molecular weight is 455 g/mol. The van der Waals surface area contributed by atoms with Crippen molar-refractivity contribution in [1.82, 2.24) is 9.88 Å². The predicted molar refractivity (Wildman–Crippen MR) is 122 cm³/mol. The molecule has 1 amide bonds. The third kappa shape index (κ3) is 4.30. The van der Waals surface area contributed by atoms with E-state index in [1.807, 2.05) is 28.5 Å². The summed E-state index contributed by atoms with van der Waals surface area (Å²) in [6.07, 6.45) is 2.11. The van der Waals surface area contributed by atoms with Crippen LogP contribution in [-0.2, 0) is 20.8 Å². The molecule has 0 N–H and O–H groups in total. The van der Waals surface area contributed by atoms with Gasteiger partial charge in [0.25, 0.3) is 5.91 Å². The van der Waals surface area contributed by atoms with Crippen molar-refractivity contribution in [2.45, 2.75) is 31.9 Å². The summed E-state index contributed by atoms with van der Waals surface area (Å²) in [5, 5.41) is 3.00. The van der Waals surface area contributed by atoms with Crippen LogP contribution in [0.3, 0.4) is 0 Å². The Bertz CT molecular complexity index is 1100. The number of hydrogen-bond acceptors (Lipinski definition) is 7. The molecule has 1 unspecified atom stereocenters. The first-order chi connectivity index (χ1) is 15.7. The second-order valence-electron chi connectivity index (χ2n) is 7.98. The van der Waals surface area contributed by atoms with E-state index in [9.17, 15) is 4.79 Å². The molecule has 0 aliphatic carbocycles. The van der Waals surface area contributed by atoms with Gasteiger partial charge >= 0.3 is 0 Å². The van der Waals surface area contributed by atoms with Gasteiger partial charge in [0.2, 0.25) is 6.79 Å². The van der Waals surface area contributed by atoms with Crippen molar-refractivity contribution in [3.8, 4) is 22.1 Å². The van der Waals surface area contributed by atoms with Gasteiger partial charge in [0.05, 0.1) is 16.1 Å². The summed E-state index contributed by atoms with van der Waals surface area (Å²) in [5.41, 5.74) is 2.74. The number of ether oxygens (including phenoxy) is 4. The maximum atomic E-state index is 13.3. The lowest BCUT2D eigenvalue weighted by molar-refractivity contribution is -0.141. The van der Waals surface area contributed by atoms with Gasteiger partial charge in [-0.2, -0.15) is 0 Å². The molecule has 1 saturated heterocycles. The topological polar surface area (TPSA) is 70.1 Å². The molecular formula is C24H26N2O5S. The summed E-state index contributed by atoms with van der Waals surface area (Å²) in [6.45, 7) is 2.54. The zero-order valence-corrected chi connectivity index (χ0v) is 18.9. The van der Waals surface area contributed by atoms with Crippen molar-refractivity contribution < 1.29 is 23.7 Å². The minimum Gasteiger partial charge on any atom is -0.454 e. The van der Waals surface area contributed by atoms with Crippen LogP contribution in [0.5, 0.6) is 11.5 Å². The third-order valence-electron chi connectivity index (χ3n) is 5.80. The highest BCUT2D eigenvalue weighted by molar-refractivity contribution is 7.13. The maximum absolute atomic E-state index is 13.3. The van der Waals surface area contributed by atoms with Crippen LogP contribution in [0.15, 0.2) is 35.7 Å². The number of carbonyl (C=O) groups is 1. The Balaban J connectivity index is 1.52. The zero-order chi connectivity index (χ0) is 21.9. The Morgan fingerprint density at radius 1 is 1.28 bits per heavy atom. The Hall–Kier alpha value is -2.68. The van der Waals surface area contributed by atoms with Gasteiger partial charge < -0.3 is 23.8 Å². The Labute approximate surface area is 190 Å². The Kier molecular flexibility index (Phi) is 6.25. The molecule has 0 radical (unpaired) electrons. The lowest BCUT2D eigenvalue weighted by atomic mass is 10.1. The number of aromatic nitrogens is 1. The van der Waals surface area contributed by atoms with E-state index >= 15 is 0 Å². The monoisotopic (exact) mass is 454 g/mol. The largest absolute Gasteiger partial charge is 0.454 e. The normalized spacial score (nSPS) is 17.2. The van der Waals surface area contributed by atoms with E-state index in [1.54, 1.807) is 18.4 Å². The fourth-order valence-electron chi connectivity index (χ4n) is 4.20. The molecule has 168 valence electrons. The first-order valence-electron chi connectivity index (χ1n) is 10.9. The minimum atomic E-state index is -0.357. The van der Waals surface area contributed by atoms with Crippen LogP contribution in [0.1, 0.15) is 24.8 Å². The van der Waals surface area contributed by atoms with E-state index in [0.29, 0.717) is 32.1 Å². The van der Waals surface area contributed by atoms with Crippen LogP contribution in [0.4, 0.5) is 0 Å². The fourth-order valence-corrected chi connectivity index (χ4v) is 4.95. The molecule has 2 aliphatic heterocycles. The summed E-state index contributed by atoms with van der Waals surface area (Å²) >= 11 is 1.64. The molecule has 0 bridgehead atoms. The number of pyridine rings is 1. The van der Waals surface area contributed by atoms with Crippen LogP contribution in [0.2, 0.25) is 0 Å². The lowest BCUT2D eigenvalue weighted by Crippen LogP contribution is -2.39. The van der Waals surface area contributed by atoms with Gasteiger partial charge in [-0.05, 0) is 48.4 Å². The number of hydrogen-bond donors (Lipinski definition) is 0. The molecule has 1 atom stereocenters. The lowest BCUT2D eigenvalue weighted by Gasteiger charge is -2.26. The second kappa shape index (κ2) is 9.44. The second-order valence-corrected chi connectivity index (χ2v) is 8.93. The van der Waals surface area contributed by atoms with Crippen LogP contribution in [-0.4, -0.2) is 55.6 Å². The highest BCUT2D eigenvalue weighted by Crippen LogP contribution is 2.38. The molecule has 1 fully saturated rings. The molecule has 1 aromatic carbocycles. The average Bonchev–Trinajstić information content (AvgIpc) is 3.58. The number of thiophene rings is 1. The molecule has 2 aliphatic rings. The van der Waals surface area contributed by atoms with E-state index in [4.69, 9.17) is 23.9 Å². The summed E-state index contributed by atoms with van der Waals surface area (Å²) in [6, 6.07) is 10.1. The number of benzene rings is 1. The molecule has 0 spiro atoms. The molecule has 3 aromatic rings. The van der Waals surface area contributed by atoms with Crippen LogP contribution in [0, 0.1) is 0 Å². The third-order valence-corrected chi connectivity index (χ3v) is 6.67. The molecule has 32 heavy (non-hydrogen) atoms. The van der Waals surface area contributed by atoms with Gasteiger partial charge in [-0.25, -0.2) is 4.98 Å². The number of amides is 1. The summed E-state index contributed by atoms with van der Waals surface area (Å²) in [4.78, 5) is 21.2. The molecular weight excluding hydrogens is 428 g/mol. The van der Waals surface area contributed by atoms with Crippen molar-refractivity contribution in [3.63, 3.8) is 0 Å². The van der Waals surface area contributed by atoms with E-state index in [1.165, 1.54) is 0 Å². The fraction of sp³-hybridized carbons (Fsp3) is 0.417. The van der Waals surface area contributed by atoms with Crippen molar-refractivity contribution in [1.29, 1.82) is 0 Å². The smallest absolute Gasteiger partial charge is 0.252 e. The Morgan fingerprint density at radius 2 is 2.16 bits per heavy atom. The highest BCUT2D eigenvalue weighted by Gasteiger charge is 2.29. The van der Waals surface area contributed by atoms with Gasteiger partial charge in [0, 0.05) is 44.9 Å². The van der Waals surface area contributed by atoms with Gasteiger partial charge in [0.1, 0.15) is 6.10 Å². The predicted octanol–water partition coefficient (Wildman–Crippen LogP) is 4.24. The molecule has 2 aromatic heterocycles. The molecule has 0 saturated carbocycles. The van der Waals surface area contributed by atoms with Crippen LogP contribution >= 0.6 is 11.3 Å². The first-order valence-corrected chi connectivity index (χ1v) is 11.8.